The fourth-order valence-corrected chi connectivity index (χ4v) is 6.57. The molecule has 5 rings (SSSR count). The molecule has 204 valence electrons. The van der Waals surface area contributed by atoms with E-state index in [1.807, 2.05) is 18.2 Å². The standard InChI is InChI=1S/C29H30F3N5OS/c1-4-37-15-24(27(35-37)29(30,31)32)21-8-6-5-7-20(21)23-14-36(16-25-22(23)11-19(13-33)39-25)26(38)10-9-18-12-28(2,3)17-34-18/h5-11,15,18,23,34H,4,12,14,16-17H2,1-3H3/b10-9+/t18-,23-/m0/s1. The van der Waals surface area contributed by atoms with Crippen LogP contribution in [0, 0.1) is 16.7 Å². The number of nitriles is 1. The monoisotopic (exact) mass is 553 g/mol. The van der Waals surface area contributed by atoms with Crippen molar-refractivity contribution in [3.05, 3.63) is 75.3 Å². The summed E-state index contributed by atoms with van der Waals surface area (Å²) in [5, 5.41) is 16.8. The van der Waals surface area contributed by atoms with Crippen molar-refractivity contribution in [2.45, 2.75) is 58.4 Å². The van der Waals surface area contributed by atoms with Crippen LogP contribution in [0.3, 0.4) is 0 Å². The summed E-state index contributed by atoms with van der Waals surface area (Å²) in [7, 11) is 0. The fourth-order valence-electron chi connectivity index (χ4n) is 5.53. The lowest BCUT2D eigenvalue weighted by atomic mass is 9.83. The highest BCUT2D eigenvalue weighted by atomic mass is 32.1. The minimum Gasteiger partial charge on any atom is -0.333 e. The number of hydrogen-bond donors (Lipinski definition) is 1. The maximum absolute atomic E-state index is 14.0. The summed E-state index contributed by atoms with van der Waals surface area (Å²) in [6.45, 7) is 7.93. The van der Waals surface area contributed by atoms with Crippen LogP contribution >= 0.6 is 11.3 Å². The summed E-state index contributed by atoms with van der Waals surface area (Å²) >= 11 is 1.33. The van der Waals surface area contributed by atoms with Gasteiger partial charge in [0, 0.05) is 54.3 Å². The van der Waals surface area contributed by atoms with Crippen LogP contribution in [-0.2, 0) is 24.1 Å². The summed E-state index contributed by atoms with van der Waals surface area (Å²) in [4.78, 5) is 16.5. The third-order valence-corrected chi connectivity index (χ3v) is 8.48. The van der Waals surface area contributed by atoms with Crippen molar-refractivity contribution in [1.29, 1.82) is 5.26 Å². The number of benzene rings is 1. The van der Waals surface area contributed by atoms with Crippen molar-refractivity contribution >= 4 is 17.2 Å². The van der Waals surface area contributed by atoms with Crippen molar-refractivity contribution in [1.82, 2.24) is 20.0 Å². The number of nitrogens with zero attached hydrogens (tertiary/aromatic N) is 4. The quantitative estimate of drug-likeness (QED) is 0.397. The van der Waals surface area contributed by atoms with E-state index in [4.69, 9.17) is 0 Å². The molecule has 10 heteroatoms. The normalized spacial score (nSPS) is 20.8. The molecule has 1 fully saturated rings. The zero-order valence-corrected chi connectivity index (χ0v) is 22.9. The second kappa shape index (κ2) is 10.3. The predicted molar refractivity (Wildman–Crippen MR) is 144 cm³/mol. The van der Waals surface area contributed by atoms with Crippen LogP contribution in [0.2, 0.25) is 0 Å². The number of carbonyl (C=O) groups excluding carboxylic acids is 1. The number of carbonyl (C=O) groups is 1. The first-order chi connectivity index (χ1) is 18.5. The second-order valence-corrected chi connectivity index (χ2v) is 12.1. The first-order valence-corrected chi connectivity index (χ1v) is 13.8. The minimum absolute atomic E-state index is 0.00973. The van der Waals surface area contributed by atoms with E-state index in [0.29, 0.717) is 35.6 Å². The van der Waals surface area contributed by atoms with E-state index in [2.05, 4.69) is 30.3 Å². The number of thiophene rings is 1. The van der Waals surface area contributed by atoms with Gasteiger partial charge in [0.2, 0.25) is 5.91 Å². The molecule has 0 spiro atoms. The van der Waals surface area contributed by atoms with E-state index < -0.39 is 17.8 Å². The number of halogens is 3. The van der Waals surface area contributed by atoms with E-state index in [-0.39, 0.29) is 22.9 Å². The molecule has 39 heavy (non-hydrogen) atoms. The molecule has 1 aromatic carbocycles. The molecule has 2 aliphatic heterocycles. The molecule has 0 unspecified atom stereocenters. The first-order valence-electron chi connectivity index (χ1n) is 13.0. The largest absolute Gasteiger partial charge is 0.435 e. The topological polar surface area (TPSA) is 74.0 Å². The number of aromatic nitrogens is 2. The number of amides is 1. The number of nitrogens with one attached hydrogen (secondary N) is 1. The molecule has 2 aliphatic rings. The number of rotatable bonds is 5. The summed E-state index contributed by atoms with van der Waals surface area (Å²) in [5.41, 5.74) is 1.22. The zero-order valence-electron chi connectivity index (χ0n) is 22.0. The summed E-state index contributed by atoms with van der Waals surface area (Å²) in [6, 6.07) is 11.1. The van der Waals surface area contributed by atoms with E-state index in [1.54, 1.807) is 36.1 Å². The van der Waals surface area contributed by atoms with Gasteiger partial charge in [-0.15, -0.1) is 11.3 Å². The molecule has 1 amide bonds. The molecule has 0 bridgehead atoms. The van der Waals surface area contributed by atoms with Crippen LogP contribution in [0.4, 0.5) is 13.2 Å². The molecule has 2 aromatic heterocycles. The van der Waals surface area contributed by atoms with Crippen molar-refractivity contribution in [2.24, 2.45) is 5.41 Å². The molecule has 0 aliphatic carbocycles. The Kier molecular flexibility index (Phi) is 7.16. The number of fused-ring (bicyclic) bond motifs is 1. The Hall–Kier alpha value is -3.42. The average molecular weight is 554 g/mol. The smallest absolute Gasteiger partial charge is 0.333 e. The van der Waals surface area contributed by atoms with Gasteiger partial charge in [0.05, 0.1) is 6.54 Å². The molecule has 2 atom stereocenters. The molecule has 0 radical (unpaired) electrons. The van der Waals surface area contributed by atoms with Crippen LogP contribution < -0.4 is 5.32 Å². The molecule has 4 heterocycles. The third-order valence-electron chi connectivity index (χ3n) is 7.44. The maximum Gasteiger partial charge on any atom is 0.435 e. The van der Waals surface area contributed by atoms with Crippen LogP contribution in [0.5, 0.6) is 0 Å². The van der Waals surface area contributed by atoms with E-state index in [0.717, 1.165) is 23.4 Å². The highest BCUT2D eigenvalue weighted by Gasteiger charge is 2.39. The molecular formula is C29H30F3N5OS. The fraction of sp³-hybridized carbons (Fsp3) is 0.414. The summed E-state index contributed by atoms with van der Waals surface area (Å²) in [5.74, 6) is -0.549. The minimum atomic E-state index is -4.62. The van der Waals surface area contributed by atoms with Crippen molar-refractivity contribution in [3.8, 4) is 17.2 Å². The molecule has 0 saturated carbocycles. The third kappa shape index (κ3) is 5.52. The van der Waals surface area contributed by atoms with Gasteiger partial charge < -0.3 is 10.2 Å². The highest BCUT2D eigenvalue weighted by Crippen LogP contribution is 2.44. The Morgan fingerprint density at radius 2 is 2.05 bits per heavy atom. The van der Waals surface area contributed by atoms with Crippen LogP contribution in [0.1, 0.15) is 59.7 Å². The van der Waals surface area contributed by atoms with Gasteiger partial charge in [0.1, 0.15) is 10.9 Å². The second-order valence-electron chi connectivity index (χ2n) is 10.9. The van der Waals surface area contributed by atoms with Crippen molar-refractivity contribution in [3.63, 3.8) is 0 Å². The Morgan fingerprint density at radius 3 is 2.72 bits per heavy atom. The molecule has 3 aromatic rings. The van der Waals surface area contributed by atoms with Crippen LogP contribution in [0.15, 0.2) is 48.7 Å². The van der Waals surface area contributed by atoms with Gasteiger partial charge in [-0.05, 0) is 41.5 Å². The summed E-state index contributed by atoms with van der Waals surface area (Å²) < 4.78 is 43.3. The average Bonchev–Trinajstić information content (AvgIpc) is 3.62. The number of alkyl halides is 3. The van der Waals surface area contributed by atoms with Gasteiger partial charge in [-0.25, -0.2) is 0 Å². The zero-order chi connectivity index (χ0) is 27.9. The highest BCUT2D eigenvalue weighted by molar-refractivity contribution is 7.12. The first kappa shape index (κ1) is 27.2. The Morgan fingerprint density at radius 1 is 1.28 bits per heavy atom. The number of aryl methyl sites for hydroxylation is 1. The van der Waals surface area contributed by atoms with Gasteiger partial charge in [0.25, 0.3) is 0 Å². The Bertz CT molecular complexity index is 1460. The van der Waals surface area contributed by atoms with Crippen molar-refractivity contribution < 1.29 is 18.0 Å². The lowest BCUT2D eigenvalue weighted by Crippen LogP contribution is -2.37. The van der Waals surface area contributed by atoms with Gasteiger partial charge >= 0.3 is 6.18 Å². The molecule has 1 saturated heterocycles. The maximum atomic E-state index is 14.0. The van der Waals surface area contributed by atoms with Gasteiger partial charge in [0.15, 0.2) is 5.69 Å². The Balaban J connectivity index is 1.53. The van der Waals surface area contributed by atoms with E-state index in [9.17, 15) is 23.2 Å². The summed E-state index contributed by atoms with van der Waals surface area (Å²) in [6.07, 6.45) is 1.24. The molecule has 6 nitrogen and oxygen atoms in total. The van der Waals surface area contributed by atoms with E-state index >= 15 is 0 Å². The van der Waals surface area contributed by atoms with Crippen molar-refractivity contribution in [2.75, 3.05) is 13.1 Å². The van der Waals surface area contributed by atoms with Crippen LogP contribution in [0.25, 0.3) is 11.1 Å². The van der Waals surface area contributed by atoms with E-state index in [1.165, 1.54) is 22.2 Å². The lowest BCUT2D eigenvalue weighted by Gasteiger charge is -2.33. The SMILES string of the molecule is CCn1cc(-c2ccccc2[C@@H]2CN(C(=O)/C=C/[C@H]3CC(C)(C)CN3)Cc3sc(C#N)cc32)c(C(F)(F)F)n1. The lowest BCUT2D eigenvalue weighted by molar-refractivity contribution is -0.141. The molecular weight excluding hydrogens is 523 g/mol. The van der Waals surface area contributed by atoms with Gasteiger partial charge in [-0.2, -0.15) is 23.5 Å². The Labute approximate surface area is 229 Å². The van der Waals surface area contributed by atoms with Gasteiger partial charge in [-0.1, -0.05) is 44.2 Å². The number of hydrogen-bond acceptors (Lipinski definition) is 5. The van der Waals surface area contributed by atoms with Crippen LogP contribution in [-0.4, -0.2) is 39.7 Å². The van der Waals surface area contributed by atoms with Gasteiger partial charge in [-0.3, -0.25) is 9.48 Å². The molecule has 1 N–H and O–H groups in total. The predicted octanol–water partition coefficient (Wildman–Crippen LogP) is 5.94.